The molecule has 0 aliphatic heterocycles. The number of hydrogen-bond donors (Lipinski definition) is 1. The first-order chi connectivity index (χ1) is 19.2. The summed E-state index contributed by atoms with van der Waals surface area (Å²) >= 11 is 0. The molecule has 7 nitrogen and oxygen atoms in total. The molecule has 2 N–H and O–H groups in total. The first-order valence-electron chi connectivity index (χ1n) is 13.1. The molecule has 0 saturated heterocycles. The van der Waals surface area contributed by atoms with E-state index in [1.165, 1.54) is 34.9 Å². The van der Waals surface area contributed by atoms with Gasteiger partial charge in [0.15, 0.2) is 0 Å². The molecular weight excluding hydrogens is 514 g/mol. The summed E-state index contributed by atoms with van der Waals surface area (Å²) in [5.74, 6) is -1.14. The van der Waals surface area contributed by atoms with Gasteiger partial charge in [-0.3, -0.25) is 14.2 Å². The van der Waals surface area contributed by atoms with Gasteiger partial charge in [0.1, 0.15) is 28.6 Å². The smallest absolute Gasteiger partial charge is 0.297 e. The second-order valence-corrected chi connectivity index (χ2v) is 10.3. The lowest BCUT2D eigenvalue weighted by Crippen LogP contribution is -2.43. The van der Waals surface area contributed by atoms with Gasteiger partial charge in [-0.15, -0.1) is 0 Å². The molecule has 0 fully saturated rings. The second-order valence-electron chi connectivity index (χ2n) is 10.3. The standard InChI is InChI=1S/C31H30F2N4O3/c1-18(2)27(36(14-13-34)30(38)21-9-7-19(3)8-10-21)29-35-26-24-16-23(33)11-12-25(24)40-28(26)31(39)37(29)17-20-5-4-6-22(32)15-20/h4-12,15-16,18,27H,13-14,17,34H2,1-3H3. The number of amides is 1. The summed E-state index contributed by atoms with van der Waals surface area (Å²) in [7, 11) is 0. The van der Waals surface area contributed by atoms with Crippen LogP contribution >= 0.6 is 0 Å². The molecule has 0 aliphatic rings. The summed E-state index contributed by atoms with van der Waals surface area (Å²) in [6.07, 6.45) is 0. The number of rotatable bonds is 8. The SMILES string of the molecule is Cc1ccc(C(=O)N(CCN)C(c2nc3c(oc4ccc(F)cc43)c(=O)n2Cc2cccc(F)c2)C(C)C)cc1. The predicted molar refractivity (Wildman–Crippen MR) is 150 cm³/mol. The summed E-state index contributed by atoms with van der Waals surface area (Å²) < 4.78 is 35.6. The first kappa shape index (κ1) is 27.2. The van der Waals surface area contributed by atoms with Gasteiger partial charge in [0, 0.05) is 24.0 Å². The Morgan fingerprint density at radius 2 is 1.77 bits per heavy atom. The van der Waals surface area contributed by atoms with Gasteiger partial charge < -0.3 is 15.1 Å². The zero-order valence-corrected chi connectivity index (χ0v) is 22.5. The van der Waals surface area contributed by atoms with E-state index < -0.39 is 23.2 Å². The van der Waals surface area contributed by atoms with Crippen LogP contribution in [-0.2, 0) is 6.54 Å². The van der Waals surface area contributed by atoms with Crippen molar-refractivity contribution in [2.75, 3.05) is 13.1 Å². The van der Waals surface area contributed by atoms with Gasteiger partial charge in [-0.25, -0.2) is 13.8 Å². The van der Waals surface area contributed by atoms with Gasteiger partial charge in [0.25, 0.3) is 11.5 Å². The van der Waals surface area contributed by atoms with E-state index >= 15 is 0 Å². The average Bonchev–Trinajstić information content (AvgIpc) is 3.28. The van der Waals surface area contributed by atoms with Crippen molar-refractivity contribution in [2.24, 2.45) is 11.7 Å². The Bertz CT molecular complexity index is 1760. The highest BCUT2D eigenvalue weighted by atomic mass is 19.1. The van der Waals surface area contributed by atoms with Crippen molar-refractivity contribution in [3.05, 3.63) is 111 Å². The summed E-state index contributed by atoms with van der Waals surface area (Å²) in [4.78, 5) is 34.4. The summed E-state index contributed by atoms with van der Waals surface area (Å²) in [5.41, 5.74) is 7.95. The van der Waals surface area contributed by atoms with Gasteiger partial charge in [-0.05, 0) is 60.9 Å². The monoisotopic (exact) mass is 544 g/mol. The van der Waals surface area contributed by atoms with Crippen LogP contribution in [0.2, 0.25) is 0 Å². The molecule has 5 rings (SSSR count). The number of nitrogens with zero attached hydrogens (tertiary/aromatic N) is 3. The Labute approximate surface area is 229 Å². The van der Waals surface area contributed by atoms with Crippen LogP contribution in [0.5, 0.6) is 0 Å². The number of halogens is 2. The molecule has 0 bridgehead atoms. The average molecular weight is 545 g/mol. The number of nitrogens with two attached hydrogens (primary N) is 1. The minimum absolute atomic E-state index is 0.0152. The zero-order chi connectivity index (χ0) is 28.6. The maximum atomic E-state index is 14.2. The molecule has 5 aromatic rings. The van der Waals surface area contributed by atoms with E-state index in [2.05, 4.69) is 0 Å². The third kappa shape index (κ3) is 5.12. The van der Waals surface area contributed by atoms with Crippen LogP contribution in [-0.4, -0.2) is 33.4 Å². The van der Waals surface area contributed by atoms with Crippen LogP contribution in [0.15, 0.2) is 75.9 Å². The largest absolute Gasteiger partial charge is 0.448 e. The minimum Gasteiger partial charge on any atom is -0.448 e. The molecule has 0 spiro atoms. The van der Waals surface area contributed by atoms with Crippen LogP contribution in [0, 0.1) is 24.5 Å². The highest BCUT2D eigenvalue weighted by molar-refractivity contribution is 6.02. The van der Waals surface area contributed by atoms with Crippen molar-refractivity contribution in [2.45, 2.75) is 33.4 Å². The minimum atomic E-state index is -0.693. The van der Waals surface area contributed by atoms with Gasteiger partial charge in [0.2, 0.25) is 5.58 Å². The number of aryl methyl sites for hydroxylation is 1. The molecule has 9 heteroatoms. The van der Waals surface area contributed by atoms with E-state index in [1.54, 1.807) is 29.2 Å². The fourth-order valence-electron chi connectivity index (χ4n) is 5.08. The van der Waals surface area contributed by atoms with Gasteiger partial charge in [0.05, 0.1) is 12.6 Å². The number of benzene rings is 3. The van der Waals surface area contributed by atoms with Crippen molar-refractivity contribution in [1.29, 1.82) is 0 Å². The van der Waals surface area contributed by atoms with E-state index in [-0.39, 0.29) is 48.4 Å². The number of aromatic nitrogens is 2. The molecule has 206 valence electrons. The lowest BCUT2D eigenvalue weighted by atomic mass is 9.99. The van der Waals surface area contributed by atoms with Crippen LogP contribution in [0.1, 0.15) is 47.2 Å². The van der Waals surface area contributed by atoms with E-state index in [9.17, 15) is 18.4 Å². The summed E-state index contributed by atoms with van der Waals surface area (Å²) in [5, 5.41) is 0.351. The Morgan fingerprint density at radius 3 is 2.45 bits per heavy atom. The summed E-state index contributed by atoms with van der Waals surface area (Å²) in [6, 6.07) is 16.4. The number of carbonyl (C=O) groups is 1. The molecule has 0 saturated carbocycles. The van der Waals surface area contributed by atoms with Gasteiger partial charge in [-0.1, -0.05) is 43.7 Å². The Kier molecular flexibility index (Phi) is 7.49. The van der Waals surface area contributed by atoms with Crippen molar-refractivity contribution >= 4 is 28.0 Å². The normalized spacial score (nSPS) is 12.4. The number of fused-ring (bicyclic) bond motifs is 3. The molecule has 2 heterocycles. The highest BCUT2D eigenvalue weighted by Gasteiger charge is 2.33. The number of furan rings is 1. The van der Waals surface area contributed by atoms with Crippen molar-refractivity contribution in [3.63, 3.8) is 0 Å². The highest BCUT2D eigenvalue weighted by Crippen LogP contribution is 2.32. The maximum absolute atomic E-state index is 14.2. The fraction of sp³-hybridized carbons (Fsp3) is 0.258. The lowest BCUT2D eigenvalue weighted by molar-refractivity contribution is 0.0612. The molecule has 0 aliphatic carbocycles. The molecule has 2 aromatic heterocycles. The third-order valence-corrected chi connectivity index (χ3v) is 6.96. The van der Waals surface area contributed by atoms with Crippen LogP contribution in [0.3, 0.4) is 0 Å². The van der Waals surface area contributed by atoms with Gasteiger partial charge >= 0.3 is 0 Å². The molecule has 0 radical (unpaired) electrons. The topological polar surface area (TPSA) is 94.4 Å². The lowest BCUT2D eigenvalue weighted by Gasteiger charge is -2.35. The maximum Gasteiger partial charge on any atom is 0.297 e. The van der Waals surface area contributed by atoms with E-state index in [0.29, 0.717) is 22.1 Å². The van der Waals surface area contributed by atoms with E-state index in [0.717, 1.165) is 5.56 Å². The zero-order valence-electron chi connectivity index (χ0n) is 22.5. The Morgan fingerprint density at radius 1 is 1.05 bits per heavy atom. The van der Waals surface area contributed by atoms with Crippen LogP contribution in [0.4, 0.5) is 8.78 Å². The Hall–Kier alpha value is -4.37. The fourth-order valence-corrected chi connectivity index (χ4v) is 5.08. The quantitative estimate of drug-likeness (QED) is 0.275. The molecule has 40 heavy (non-hydrogen) atoms. The molecule has 3 aromatic carbocycles. The Balaban J connectivity index is 1.77. The number of carbonyl (C=O) groups excluding carboxylic acids is 1. The van der Waals surface area contributed by atoms with E-state index in [4.69, 9.17) is 15.1 Å². The van der Waals surface area contributed by atoms with Crippen molar-refractivity contribution in [1.82, 2.24) is 14.5 Å². The van der Waals surface area contributed by atoms with Crippen molar-refractivity contribution in [3.8, 4) is 0 Å². The van der Waals surface area contributed by atoms with Crippen LogP contribution < -0.4 is 11.3 Å². The molecular formula is C31H30F2N4O3. The molecule has 1 atom stereocenters. The van der Waals surface area contributed by atoms with Crippen LogP contribution in [0.25, 0.3) is 22.1 Å². The first-order valence-corrected chi connectivity index (χ1v) is 13.1. The molecule has 1 amide bonds. The van der Waals surface area contributed by atoms with E-state index in [1.807, 2.05) is 32.9 Å². The van der Waals surface area contributed by atoms with Gasteiger partial charge in [-0.2, -0.15) is 0 Å². The second kappa shape index (κ2) is 11.0. The third-order valence-electron chi connectivity index (χ3n) is 6.96. The summed E-state index contributed by atoms with van der Waals surface area (Å²) in [6.45, 7) is 6.14. The van der Waals surface area contributed by atoms with Crippen molar-refractivity contribution < 1.29 is 18.0 Å². The molecule has 1 unspecified atom stereocenters. The number of hydrogen-bond acceptors (Lipinski definition) is 5. The predicted octanol–water partition coefficient (Wildman–Crippen LogP) is 5.58.